The summed E-state index contributed by atoms with van der Waals surface area (Å²) in [7, 11) is 1.48. The maximum absolute atomic E-state index is 12.5. The van der Waals surface area contributed by atoms with Crippen LogP contribution < -0.4 is 9.64 Å². The number of anilines is 1. The Kier molecular flexibility index (Phi) is 4.73. The quantitative estimate of drug-likeness (QED) is 0.457. The van der Waals surface area contributed by atoms with Crippen molar-refractivity contribution in [2.45, 2.75) is 0 Å². The molecule has 0 atom stereocenters. The molecule has 0 aliphatic carbocycles. The minimum atomic E-state index is -1.06. The van der Waals surface area contributed by atoms with Crippen LogP contribution in [0.3, 0.4) is 0 Å². The molecule has 2 aromatic rings. The number of urea groups is 1. The van der Waals surface area contributed by atoms with Crippen molar-refractivity contribution in [3.63, 3.8) is 0 Å². The zero-order valence-electron chi connectivity index (χ0n) is 13.6. The van der Waals surface area contributed by atoms with Gasteiger partial charge in [0.05, 0.1) is 24.4 Å². The van der Waals surface area contributed by atoms with Crippen LogP contribution in [0.1, 0.15) is 10.4 Å². The van der Waals surface area contributed by atoms with Gasteiger partial charge in [0.25, 0.3) is 0 Å². The first-order valence-electron chi connectivity index (χ1n) is 7.55. The number of imide groups is 2. The molecule has 0 saturated carbocycles. The SMILES string of the molecule is COc1ccc(N2C(=O)C(=O)N(CC(=O)c3ccccc3Cl)C2=O)cc1. The molecule has 1 aliphatic rings. The minimum Gasteiger partial charge on any atom is -0.497 e. The second-order valence-electron chi connectivity index (χ2n) is 5.42. The predicted octanol–water partition coefficient (Wildman–Crippen LogP) is 2.53. The fourth-order valence-electron chi connectivity index (χ4n) is 2.52. The van der Waals surface area contributed by atoms with Gasteiger partial charge in [0.1, 0.15) is 5.75 Å². The van der Waals surface area contributed by atoms with Gasteiger partial charge < -0.3 is 4.74 Å². The van der Waals surface area contributed by atoms with Gasteiger partial charge in [0.2, 0.25) is 0 Å². The Hall–Kier alpha value is -3.19. The molecule has 0 spiro atoms. The van der Waals surface area contributed by atoms with Crippen LogP contribution in [0.4, 0.5) is 10.5 Å². The number of hydrogen-bond donors (Lipinski definition) is 0. The lowest BCUT2D eigenvalue weighted by atomic mass is 10.1. The molecule has 1 heterocycles. The molecule has 1 saturated heterocycles. The van der Waals surface area contributed by atoms with E-state index in [1.54, 1.807) is 24.3 Å². The molecule has 0 radical (unpaired) electrons. The Morgan fingerprint density at radius 3 is 2.27 bits per heavy atom. The number of nitrogens with zero attached hydrogens (tertiary/aromatic N) is 2. The number of ketones is 1. The smallest absolute Gasteiger partial charge is 0.339 e. The highest BCUT2D eigenvalue weighted by Crippen LogP contribution is 2.25. The monoisotopic (exact) mass is 372 g/mol. The van der Waals surface area contributed by atoms with Gasteiger partial charge in [0, 0.05) is 5.56 Å². The molecule has 8 heteroatoms. The average Bonchev–Trinajstić information content (AvgIpc) is 2.85. The fraction of sp³-hybridized carbons (Fsp3) is 0.111. The molecular formula is C18H13ClN2O5. The largest absolute Gasteiger partial charge is 0.497 e. The second kappa shape index (κ2) is 6.97. The lowest BCUT2D eigenvalue weighted by molar-refractivity contribution is -0.139. The van der Waals surface area contributed by atoms with Gasteiger partial charge in [-0.1, -0.05) is 23.7 Å². The number of halogens is 1. The van der Waals surface area contributed by atoms with E-state index in [9.17, 15) is 19.2 Å². The number of carbonyl (C=O) groups excluding carboxylic acids is 4. The lowest BCUT2D eigenvalue weighted by Crippen LogP contribution is -2.37. The maximum Gasteiger partial charge on any atom is 0.339 e. The first-order chi connectivity index (χ1) is 12.4. The number of hydrogen-bond acceptors (Lipinski definition) is 5. The van der Waals surface area contributed by atoms with Crippen molar-refractivity contribution in [2.75, 3.05) is 18.6 Å². The van der Waals surface area contributed by atoms with Crippen molar-refractivity contribution >= 4 is 40.9 Å². The zero-order chi connectivity index (χ0) is 18.8. The Bertz CT molecular complexity index is 910. The van der Waals surface area contributed by atoms with Crippen LogP contribution in [-0.4, -0.2) is 42.2 Å². The van der Waals surface area contributed by atoms with E-state index in [-0.39, 0.29) is 16.3 Å². The molecule has 0 aromatic heterocycles. The van der Waals surface area contributed by atoms with E-state index in [4.69, 9.17) is 16.3 Å². The topological polar surface area (TPSA) is 84.0 Å². The van der Waals surface area contributed by atoms with Crippen molar-refractivity contribution < 1.29 is 23.9 Å². The van der Waals surface area contributed by atoms with Gasteiger partial charge in [-0.15, -0.1) is 0 Å². The zero-order valence-corrected chi connectivity index (χ0v) is 14.4. The summed E-state index contributed by atoms with van der Waals surface area (Å²) >= 11 is 5.96. The van der Waals surface area contributed by atoms with Crippen LogP contribution in [0.5, 0.6) is 5.75 Å². The van der Waals surface area contributed by atoms with Crippen molar-refractivity contribution in [1.82, 2.24) is 4.90 Å². The Morgan fingerprint density at radius 1 is 1.00 bits per heavy atom. The van der Waals surface area contributed by atoms with E-state index in [0.717, 1.165) is 4.90 Å². The highest BCUT2D eigenvalue weighted by molar-refractivity contribution is 6.53. The van der Waals surface area contributed by atoms with E-state index in [1.165, 1.54) is 31.4 Å². The molecule has 132 valence electrons. The summed E-state index contributed by atoms with van der Waals surface area (Å²) in [6.07, 6.45) is 0. The van der Waals surface area contributed by atoms with Gasteiger partial charge in [-0.05, 0) is 36.4 Å². The van der Waals surface area contributed by atoms with Crippen molar-refractivity contribution in [2.24, 2.45) is 0 Å². The number of rotatable bonds is 5. The van der Waals surface area contributed by atoms with E-state index in [1.807, 2.05) is 0 Å². The number of carbonyl (C=O) groups is 4. The third kappa shape index (κ3) is 3.04. The van der Waals surface area contributed by atoms with Crippen LogP contribution in [0.2, 0.25) is 5.02 Å². The number of amides is 4. The first kappa shape index (κ1) is 17.6. The van der Waals surface area contributed by atoms with Crippen molar-refractivity contribution in [1.29, 1.82) is 0 Å². The van der Waals surface area contributed by atoms with Crippen LogP contribution in [0.25, 0.3) is 0 Å². The molecule has 7 nitrogen and oxygen atoms in total. The summed E-state index contributed by atoms with van der Waals surface area (Å²) in [6, 6.07) is 11.4. The van der Waals surface area contributed by atoms with Crippen LogP contribution in [-0.2, 0) is 9.59 Å². The number of methoxy groups -OCH3 is 1. The molecule has 0 unspecified atom stereocenters. The molecule has 2 aromatic carbocycles. The van der Waals surface area contributed by atoms with Crippen LogP contribution in [0.15, 0.2) is 48.5 Å². The number of Topliss-reactive ketones (excluding diaryl/α,β-unsaturated/α-hetero) is 1. The molecule has 0 N–H and O–H groups in total. The summed E-state index contributed by atoms with van der Waals surface area (Å²) in [6.45, 7) is -0.570. The second-order valence-corrected chi connectivity index (χ2v) is 5.82. The molecular weight excluding hydrogens is 360 g/mol. The molecule has 26 heavy (non-hydrogen) atoms. The first-order valence-corrected chi connectivity index (χ1v) is 7.93. The van der Waals surface area contributed by atoms with Crippen molar-refractivity contribution in [3.05, 3.63) is 59.1 Å². The van der Waals surface area contributed by atoms with Crippen LogP contribution in [0, 0.1) is 0 Å². The molecule has 4 amide bonds. The number of ether oxygens (including phenoxy) is 1. The number of benzene rings is 2. The molecule has 1 fully saturated rings. The highest BCUT2D eigenvalue weighted by atomic mass is 35.5. The van der Waals surface area contributed by atoms with Gasteiger partial charge >= 0.3 is 17.8 Å². The molecule has 1 aliphatic heterocycles. The Balaban J connectivity index is 1.84. The van der Waals surface area contributed by atoms with E-state index < -0.39 is 30.2 Å². The maximum atomic E-state index is 12.5. The van der Waals surface area contributed by atoms with Gasteiger partial charge in [-0.25, -0.2) is 14.6 Å². The van der Waals surface area contributed by atoms with E-state index in [2.05, 4.69) is 0 Å². The standard InChI is InChI=1S/C18H13ClN2O5/c1-26-12-8-6-11(7-9-12)21-17(24)16(23)20(18(21)25)10-15(22)13-4-2-3-5-14(13)19/h2-9H,10H2,1H3. The summed E-state index contributed by atoms with van der Waals surface area (Å²) in [5, 5.41) is 0.204. The minimum absolute atomic E-state index is 0.171. The molecule has 0 bridgehead atoms. The van der Waals surface area contributed by atoms with Gasteiger partial charge in [-0.3, -0.25) is 14.4 Å². The van der Waals surface area contributed by atoms with Crippen LogP contribution >= 0.6 is 11.6 Å². The summed E-state index contributed by atoms with van der Waals surface area (Å²) in [4.78, 5) is 50.6. The highest BCUT2D eigenvalue weighted by Gasteiger charge is 2.46. The normalized spacial score (nSPS) is 14.2. The third-order valence-electron chi connectivity index (χ3n) is 3.86. The van der Waals surface area contributed by atoms with Crippen molar-refractivity contribution in [3.8, 4) is 5.75 Å². The van der Waals surface area contributed by atoms with E-state index >= 15 is 0 Å². The summed E-state index contributed by atoms with van der Waals surface area (Å²) in [5.74, 6) is -2.09. The Labute approximate surface area is 153 Å². The predicted molar refractivity (Wildman–Crippen MR) is 93.4 cm³/mol. The van der Waals surface area contributed by atoms with Gasteiger partial charge in [-0.2, -0.15) is 0 Å². The van der Waals surface area contributed by atoms with E-state index in [0.29, 0.717) is 10.6 Å². The fourth-order valence-corrected chi connectivity index (χ4v) is 2.76. The Morgan fingerprint density at radius 2 is 1.65 bits per heavy atom. The average molecular weight is 373 g/mol. The third-order valence-corrected chi connectivity index (χ3v) is 4.19. The lowest BCUT2D eigenvalue weighted by Gasteiger charge is -2.15. The molecule has 3 rings (SSSR count). The summed E-state index contributed by atoms with van der Waals surface area (Å²) < 4.78 is 5.02. The van der Waals surface area contributed by atoms with Gasteiger partial charge in [0.15, 0.2) is 5.78 Å². The summed E-state index contributed by atoms with van der Waals surface area (Å²) in [5.41, 5.74) is 0.381.